The van der Waals surface area contributed by atoms with E-state index in [1.54, 1.807) is 12.1 Å². The Morgan fingerprint density at radius 1 is 1.22 bits per heavy atom. The van der Waals surface area contributed by atoms with Crippen LogP contribution < -0.4 is 5.32 Å². The average Bonchev–Trinajstić information content (AvgIpc) is 2.46. The molecule has 122 valence electrons. The van der Waals surface area contributed by atoms with Gasteiger partial charge in [-0.3, -0.25) is 4.79 Å². The van der Waals surface area contributed by atoms with Gasteiger partial charge in [0.05, 0.1) is 12.5 Å². The summed E-state index contributed by atoms with van der Waals surface area (Å²) in [5.41, 5.74) is 2.15. The molecule has 0 radical (unpaired) electrons. The maximum Gasteiger partial charge on any atom is 0.227 e. The highest BCUT2D eigenvalue weighted by atomic mass is 19.1. The number of nitrogens with zero attached hydrogens (tertiary/aromatic N) is 1. The third-order valence-corrected chi connectivity index (χ3v) is 3.32. The summed E-state index contributed by atoms with van der Waals surface area (Å²) in [6, 6.07) is 13.2. The summed E-state index contributed by atoms with van der Waals surface area (Å²) in [4.78, 5) is 14.1. The number of rotatable bonds is 6. The average molecular weight is 316 g/mol. The fraction of sp³-hybridized carbons (Fsp3) is 0.278. The Bertz CT molecular complexity index is 674. The van der Waals surface area contributed by atoms with E-state index in [1.807, 2.05) is 37.2 Å². The predicted molar refractivity (Wildman–Crippen MR) is 88.4 cm³/mol. The van der Waals surface area contributed by atoms with Crippen LogP contribution >= 0.6 is 0 Å². The number of hydrogen-bond acceptors (Lipinski definition) is 3. The normalized spacial score (nSPS) is 12.2. The quantitative estimate of drug-likeness (QED) is 0.861. The smallest absolute Gasteiger partial charge is 0.227 e. The second kappa shape index (κ2) is 7.85. The molecule has 0 spiro atoms. The van der Waals surface area contributed by atoms with Gasteiger partial charge in [0.2, 0.25) is 5.91 Å². The van der Waals surface area contributed by atoms with Crippen LogP contribution in [0.25, 0.3) is 0 Å². The summed E-state index contributed by atoms with van der Waals surface area (Å²) in [6.07, 6.45) is -1.16. The van der Waals surface area contributed by atoms with E-state index in [0.29, 0.717) is 11.3 Å². The highest BCUT2D eigenvalue weighted by Gasteiger charge is 2.14. The van der Waals surface area contributed by atoms with E-state index in [2.05, 4.69) is 5.32 Å². The first kappa shape index (κ1) is 17.1. The number of carbonyl (C=O) groups excluding carboxylic acids is 1. The second-order valence-corrected chi connectivity index (χ2v) is 5.76. The van der Waals surface area contributed by atoms with Crippen LogP contribution in [-0.4, -0.2) is 30.0 Å². The van der Waals surface area contributed by atoms with Crippen LogP contribution in [0.4, 0.5) is 10.1 Å². The molecule has 5 heteroatoms. The van der Waals surface area contributed by atoms with Crippen molar-refractivity contribution in [3.8, 4) is 0 Å². The lowest BCUT2D eigenvalue weighted by Crippen LogP contribution is -2.16. The van der Waals surface area contributed by atoms with Crippen molar-refractivity contribution >= 4 is 11.6 Å². The Morgan fingerprint density at radius 3 is 2.65 bits per heavy atom. The van der Waals surface area contributed by atoms with Crippen molar-refractivity contribution in [3.05, 3.63) is 65.5 Å². The Kier molecular flexibility index (Phi) is 5.84. The molecule has 4 nitrogen and oxygen atoms in total. The van der Waals surface area contributed by atoms with Gasteiger partial charge < -0.3 is 15.3 Å². The van der Waals surface area contributed by atoms with Crippen LogP contribution in [-0.2, 0) is 11.3 Å². The van der Waals surface area contributed by atoms with E-state index >= 15 is 0 Å². The van der Waals surface area contributed by atoms with Crippen molar-refractivity contribution < 1.29 is 14.3 Å². The van der Waals surface area contributed by atoms with Crippen LogP contribution in [0.2, 0.25) is 0 Å². The summed E-state index contributed by atoms with van der Waals surface area (Å²) in [5, 5.41) is 12.8. The van der Waals surface area contributed by atoms with E-state index in [-0.39, 0.29) is 12.3 Å². The fourth-order valence-corrected chi connectivity index (χ4v) is 2.33. The highest BCUT2D eigenvalue weighted by Crippen LogP contribution is 2.19. The van der Waals surface area contributed by atoms with Gasteiger partial charge in [-0.15, -0.1) is 0 Å². The molecule has 0 aliphatic carbocycles. The number of benzene rings is 2. The molecular formula is C18H21FN2O2. The first-order valence-corrected chi connectivity index (χ1v) is 7.41. The van der Waals surface area contributed by atoms with Crippen molar-refractivity contribution in [2.75, 3.05) is 19.4 Å². The minimum Gasteiger partial charge on any atom is -0.388 e. The van der Waals surface area contributed by atoms with E-state index in [1.165, 1.54) is 18.2 Å². The molecule has 2 rings (SSSR count). The van der Waals surface area contributed by atoms with Gasteiger partial charge in [-0.1, -0.05) is 24.3 Å². The lowest BCUT2D eigenvalue weighted by molar-refractivity contribution is -0.118. The molecule has 2 aromatic rings. The van der Waals surface area contributed by atoms with Gasteiger partial charge >= 0.3 is 0 Å². The number of amides is 1. The zero-order chi connectivity index (χ0) is 16.8. The number of nitrogens with one attached hydrogen (secondary N) is 1. The van der Waals surface area contributed by atoms with E-state index in [4.69, 9.17) is 0 Å². The van der Waals surface area contributed by atoms with Crippen LogP contribution in [0.15, 0.2) is 48.5 Å². The summed E-state index contributed by atoms with van der Waals surface area (Å²) in [6.45, 7) is 0.773. The third kappa shape index (κ3) is 5.47. The molecule has 0 heterocycles. The first-order valence-electron chi connectivity index (χ1n) is 7.41. The summed E-state index contributed by atoms with van der Waals surface area (Å²) in [5.74, 6) is -0.748. The molecule has 1 atom stereocenters. The molecule has 0 fully saturated rings. The van der Waals surface area contributed by atoms with Crippen molar-refractivity contribution in [2.45, 2.75) is 19.1 Å². The van der Waals surface area contributed by atoms with Crippen LogP contribution in [0.5, 0.6) is 0 Å². The molecule has 0 saturated heterocycles. The highest BCUT2D eigenvalue weighted by molar-refractivity contribution is 5.91. The van der Waals surface area contributed by atoms with Crippen molar-refractivity contribution in [2.24, 2.45) is 0 Å². The van der Waals surface area contributed by atoms with E-state index in [0.717, 1.165) is 12.1 Å². The number of aliphatic hydroxyl groups excluding tert-OH is 1. The SMILES string of the molecule is CN(C)Cc1cccc(NC(=O)CC(O)c2cccc(F)c2)c1. The van der Waals surface area contributed by atoms with Gasteiger partial charge in [0, 0.05) is 12.2 Å². The Labute approximate surface area is 135 Å². The van der Waals surface area contributed by atoms with Crippen molar-refractivity contribution in [3.63, 3.8) is 0 Å². The minimum absolute atomic E-state index is 0.124. The number of carbonyl (C=O) groups is 1. The van der Waals surface area contributed by atoms with Gasteiger partial charge in [-0.2, -0.15) is 0 Å². The van der Waals surface area contributed by atoms with Gasteiger partial charge in [0.1, 0.15) is 5.82 Å². The van der Waals surface area contributed by atoms with E-state index < -0.39 is 11.9 Å². The number of hydrogen-bond donors (Lipinski definition) is 2. The molecule has 2 N–H and O–H groups in total. The summed E-state index contributed by atoms with van der Waals surface area (Å²) < 4.78 is 13.1. The Hall–Kier alpha value is -2.24. The standard InChI is InChI=1S/C18H21FN2O2/c1-21(2)12-13-5-3-8-16(9-13)20-18(23)11-17(22)14-6-4-7-15(19)10-14/h3-10,17,22H,11-12H2,1-2H3,(H,20,23). The third-order valence-electron chi connectivity index (χ3n) is 3.32. The number of halogens is 1. The van der Waals surface area contributed by atoms with Crippen LogP contribution in [0.3, 0.4) is 0 Å². The first-order chi connectivity index (χ1) is 10.9. The number of anilines is 1. The molecule has 2 aromatic carbocycles. The number of aliphatic hydroxyl groups is 1. The van der Waals surface area contributed by atoms with Crippen LogP contribution in [0, 0.1) is 5.82 Å². The second-order valence-electron chi connectivity index (χ2n) is 5.76. The lowest BCUT2D eigenvalue weighted by atomic mass is 10.1. The molecule has 1 unspecified atom stereocenters. The Balaban J connectivity index is 1.96. The summed E-state index contributed by atoms with van der Waals surface area (Å²) in [7, 11) is 3.95. The van der Waals surface area contributed by atoms with Crippen LogP contribution in [0.1, 0.15) is 23.7 Å². The van der Waals surface area contributed by atoms with Gasteiger partial charge in [-0.25, -0.2) is 4.39 Å². The molecule has 0 saturated carbocycles. The maximum absolute atomic E-state index is 13.1. The molecule has 1 amide bonds. The molecule has 0 aromatic heterocycles. The zero-order valence-corrected chi connectivity index (χ0v) is 13.3. The van der Waals surface area contributed by atoms with Crippen molar-refractivity contribution in [1.29, 1.82) is 0 Å². The Morgan fingerprint density at radius 2 is 1.96 bits per heavy atom. The van der Waals surface area contributed by atoms with Gasteiger partial charge in [0.15, 0.2) is 0 Å². The predicted octanol–water partition coefficient (Wildman–Crippen LogP) is 2.95. The largest absolute Gasteiger partial charge is 0.388 e. The van der Waals surface area contributed by atoms with Gasteiger partial charge in [-0.05, 0) is 49.5 Å². The molecule has 0 aliphatic heterocycles. The molecule has 0 bridgehead atoms. The lowest BCUT2D eigenvalue weighted by Gasteiger charge is -2.13. The minimum atomic E-state index is -1.03. The van der Waals surface area contributed by atoms with Crippen molar-refractivity contribution in [1.82, 2.24) is 4.90 Å². The van der Waals surface area contributed by atoms with E-state index in [9.17, 15) is 14.3 Å². The zero-order valence-electron chi connectivity index (χ0n) is 13.3. The monoisotopic (exact) mass is 316 g/mol. The van der Waals surface area contributed by atoms with Gasteiger partial charge in [0.25, 0.3) is 0 Å². The fourth-order valence-electron chi connectivity index (χ4n) is 2.33. The summed E-state index contributed by atoms with van der Waals surface area (Å²) >= 11 is 0. The maximum atomic E-state index is 13.1. The molecular weight excluding hydrogens is 295 g/mol. The molecule has 0 aliphatic rings. The molecule has 23 heavy (non-hydrogen) atoms. The topological polar surface area (TPSA) is 52.6 Å².